The van der Waals surface area contributed by atoms with E-state index in [1.807, 2.05) is 35.2 Å². The van der Waals surface area contributed by atoms with Crippen molar-refractivity contribution in [1.29, 1.82) is 0 Å². The van der Waals surface area contributed by atoms with Gasteiger partial charge in [0.1, 0.15) is 5.75 Å². The Labute approximate surface area is 125 Å². The molecule has 1 aliphatic carbocycles. The zero-order valence-electron chi connectivity index (χ0n) is 12.4. The van der Waals surface area contributed by atoms with Crippen LogP contribution < -0.4 is 10.1 Å². The van der Waals surface area contributed by atoms with Crippen LogP contribution >= 0.6 is 0 Å². The van der Waals surface area contributed by atoms with Crippen LogP contribution in [-0.4, -0.2) is 42.5 Å². The molecule has 0 aromatic heterocycles. The first kappa shape index (κ1) is 15.4. The van der Waals surface area contributed by atoms with E-state index in [0.717, 1.165) is 18.6 Å². The van der Waals surface area contributed by atoms with Crippen molar-refractivity contribution in [3.8, 4) is 5.75 Å². The van der Waals surface area contributed by atoms with E-state index in [1.165, 1.54) is 0 Å². The highest BCUT2D eigenvalue weighted by Gasteiger charge is 2.30. The molecule has 0 heterocycles. The maximum absolute atomic E-state index is 11.7. The average Bonchev–Trinajstić information content (AvgIpc) is 3.29. The van der Waals surface area contributed by atoms with Gasteiger partial charge < -0.3 is 15.0 Å². The second-order valence-electron chi connectivity index (χ2n) is 5.21. The molecule has 0 aliphatic heterocycles. The molecule has 1 aromatic rings. The normalized spacial score (nSPS) is 13.6. The second kappa shape index (κ2) is 7.67. The summed E-state index contributed by atoms with van der Waals surface area (Å²) in [7, 11) is 0. The van der Waals surface area contributed by atoms with Crippen molar-refractivity contribution >= 4 is 11.8 Å². The quantitative estimate of drug-likeness (QED) is 0.791. The van der Waals surface area contributed by atoms with Gasteiger partial charge in [-0.15, -0.1) is 0 Å². The summed E-state index contributed by atoms with van der Waals surface area (Å²) in [5.74, 6) is 0.797. The van der Waals surface area contributed by atoms with Crippen LogP contribution in [0.5, 0.6) is 5.75 Å². The predicted octanol–water partition coefficient (Wildman–Crippen LogP) is 1.58. The maximum atomic E-state index is 11.7. The van der Waals surface area contributed by atoms with Crippen molar-refractivity contribution in [2.45, 2.75) is 32.2 Å². The Morgan fingerprint density at radius 3 is 2.62 bits per heavy atom. The number of para-hydroxylation sites is 1. The van der Waals surface area contributed by atoms with E-state index in [1.54, 1.807) is 6.92 Å². The van der Waals surface area contributed by atoms with Crippen LogP contribution in [0.4, 0.5) is 0 Å². The summed E-state index contributed by atoms with van der Waals surface area (Å²) in [6.07, 6.45) is 2.48. The number of nitrogens with one attached hydrogen (secondary N) is 1. The molecule has 114 valence electrons. The number of nitrogens with zero attached hydrogens (tertiary/aromatic N) is 1. The Balaban J connectivity index is 1.58. The first-order valence-electron chi connectivity index (χ1n) is 7.38. The first-order chi connectivity index (χ1) is 10.2. The van der Waals surface area contributed by atoms with Crippen molar-refractivity contribution in [3.63, 3.8) is 0 Å². The molecule has 0 spiro atoms. The van der Waals surface area contributed by atoms with Gasteiger partial charge in [0, 0.05) is 26.1 Å². The summed E-state index contributed by atoms with van der Waals surface area (Å²) in [6, 6.07) is 9.81. The van der Waals surface area contributed by atoms with Crippen LogP contribution in [0, 0.1) is 0 Å². The third-order valence-electron chi connectivity index (χ3n) is 3.41. The lowest BCUT2D eigenvalue weighted by molar-refractivity contribution is -0.130. The minimum Gasteiger partial charge on any atom is -0.493 e. The highest BCUT2D eigenvalue weighted by Crippen LogP contribution is 2.26. The molecule has 21 heavy (non-hydrogen) atoms. The lowest BCUT2D eigenvalue weighted by Crippen LogP contribution is -2.39. The van der Waals surface area contributed by atoms with E-state index in [-0.39, 0.29) is 11.8 Å². The molecule has 1 aromatic carbocycles. The van der Waals surface area contributed by atoms with Gasteiger partial charge in [0.2, 0.25) is 11.8 Å². The zero-order valence-corrected chi connectivity index (χ0v) is 12.4. The molecule has 2 rings (SSSR count). The van der Waals surface area contributed by atoms with Gasteiger partial charge >= 0.3 is 0 Å². The van der Waals surface area contributed by atoms with Crippen LogP contribution in [0.2, 0.25) is 0 Å². The Morgan fingerprint density at radius 2 is 2.00 bits per heavy atom. The molecule has 0 radical (unpaired) electrons. The summed E-state index contributed by atoms with van der Waals surface area (Å²) in [4.78, 5) is 24.9. The number of rotatable bonds is 8. The molecule has 0 saturated heterocycles. The van der Waals surface area contributed by atoms with Gasteiger partial charge in [0.25, 0.3) is 0 Å². The molecular formula is C16H22N2O3. The van der Waals surface area contributed by atoms with E-state index in [9.17, 15) is 9.59 Å². The summed E-state index contributed by atoms with van der Waals surface area (Å²) < 4.78 is 5.47. The van der Waals surface area contributed by atoms with Gasteiger partial charge in [-0.3, -0.25) is 9.59 Å². The molecule has 1 N–H and O–H groups in total. The summed E-state index contributed by atoms with van der Waals surface area (Å²) in [6.45, 7) is 3.02. The fraction of sp³-hybridized carbons (Fsp3) is 0.500. The Morgan fingerprint density at radius 1 is 1.29 bits per heavy atom. The average molecular weight is 290 g/mol. The number of ether oxygens (including phenoxy) is 1. The highest BCUT2D eigenvalue weighted by molar-refractivity contribution is 5.76. The van der Waals surface area contributed by atoms with Crippen LogP contribution in [0.1, 0.15) is 26.2 Å². The van der Waals surface area contributed by atoms with Crippen LogP contribution in [0.15, 0.2) is 30.3 Å². The predicted molar refractivity (Wildman–Crippen MR) is 80.0 cm³/mol. The van der Waals surface area contributed by atoms with Gasteiger partial charge in [-0.1, -0.05) is 18.2 Å². The van der Waals surface area contributed by atoms with Crippen molar-refractivity contribution in [1.82, 2.24) is 10.2 Å². The second-order valence-corrected chi connectivity index (χ2v) is 5.21. The van der Waals surface area contributed by atoms with Crippen molar-refractivity contribution < 1.29 is 14.3 Å². The van der Waals surface area contributed by atoms with Crippen molar-refractivity contribution in [2.24, 2.45) is 0 Å². The molecule has 1 saturated carbocycles. The molecular weight excluding hydrogens is 268 g/mol. The van der Waals surface area contributed by atoms with E-state index < -0.39 is 0 Å². The van der Waals surface area contributed by atoms with E-state index in [2.05, 4.69) is 5.32 Å². The minimum atomic E-state index is -0.0507. The maximum Gasteiger partial charge on any atom is 0.223 e. The van der Waals surface area contributed by atoms with Crippen LogP contribution in [0.3, 0.4) is 0 Å². The number of carbonyl (C=O) groups excluding carboxylic acids is 2. The Hall–Kier alpha value is -2.04. The molecule has 0 atom stereocenters. The largest absolute Gasteiger partial charge is 0.493 e. The number of carbonyl (C=O) groups is 2. The number of hydrogen-bond donors (Lipinski definition) is 1. The number of benzene rings is 1. The standard InChI is InChI=1S/C16H22N2O3/c1-13(19)18(14-7-8-14)11-10-17-16(20)9-12-21-15-5-3-2-4-6-15/h2-6,14H,7-12H2,1H3,(H,17,20). The molecule has 0 bridgehead atoms. The minimum absolute atomic E-state index is 0.0507. The van der Waals surface area contributed by atoms with Crippen LogP contribution in [-0.2, 0) is 9.59 Å². The Kier molecular flexibility index (Phi) is 5.60. The SMILES string of the molecule is CC(=O)N(CCNC(=O)CCOc1ccccc1)C1CC1. The lowest BCUT2D eigenvalue weighted by Gasteiger charge is -2.20. The van der Waals surface area contributed by atoms with Crippen molar-refractivity contribution in [3.05, 3.63) is 30.3 Å². The van der Waals surface area contributed by atoms with E-state index >= 15 is 0 Å². The summed E-state index contributed by atoms with van der Waals surface area (Å²) in [5.41, 5.74) is 0. The third-order valence-corrected chi connectivity index (χ3v) is 3.41. The molecule has 5 nitrogen and oxygen atoms in total. The van der Waals surface area contributed by atoms with Gasteiger partial charge in [-0.2, -0.15) is 0 Å². The molecule has 2 amide bonds. The van der Waals surface area contributed by atoms with Gasteiger partial charge in [-0.25, -0.2) is 0 Å². The molecule has 1 aliphatic rings. The monoisotopic (exact) mass is 290 g/mol. The molecule has 1 fully saturated rings. The summed E-state index contributed by atoms with van der Waals surface area (Å²) in [5, 5.41) is 2.82. The smallest absolute Gasteiger partial charge is 0.223 e. The highest BCUT2D eigenvalue weighted by atomic mass is 16.5. The van der Waals surface area contributed by atoms with Gasteiger partial charge in [0.15, 0.2) is 0 Å². The van der Waals surface area contributed by atoms with E-state index in [4.69, 9.17) is 4.74 Å². The topological polar surface area (TPSA) is 58.6 Å². The van der Waals surface area contributed by atoms with Crippen molar-refractivity contribution in [2.75, 3.05) is 19.7 Å². The zero-order chi connectivity index (χ0) is 15.1. The first-order valence-corrected chi connectivity index (χ1v) is 7.38. The summed E-state index contributed by atoms with van der Waals surface area (Å²) >= 11 is 0. The number of amides is 2. The lowest BCUT2D eigenvalue weighted by atomic mass is 10.3. The molecule has 0 unspecified atom stereocenters. The third kappa shape index (κ3) is 5.45. The van der Waals surface area contributed by atoms with E-state index in [0.29, 0.717) is 32.2 Å². The fourth-order valence-electron chi connectivity index (χ4n) is 2.17. The van der Waals surface area contributed by atoms with Gasteiger partial charge in [0.05, 0.1) is 13.0 Å². The van der Waals surface area contributed by atoms with Crippen LogP contribution in [0.25, 0.3) is 0 Å². The number of hydrogen-bond acceptors (Lipinski definition) is 3. The molecule has 5 heteroatoms. The Bertz CT molecular complexity index is 472. The fourth-order valence-corrected chi connectivity index (χ4v) is 2.17. The van der Waals surface area contributed by atoms with Gasteiger partial charge in [-0.05, 0) is 25.0 Å².